The van der Waals surface area contributed by atoms with Gasteiger partial charge in [-0.2, -0.15) is 0 Å². The van der Waals surface area contributed by atoms with Gasteiger partial charge in [-0.15, -0.1) is 10.2 Å². The Hall–Kier alpha value is -3.22. The molecule has 0 N–H and O–H groups in total. The SMILES string of the molecule is Cc1ccccc1-c1ccc(N2CCN(c3cc(N4CCCC4)ncn3)CC2)nn1. The first-order valence-corrected chi connectivity index (χ1v) is 10.7. The quantitative estimate of drug-likeness (QED) is 0.665. The zero-order valence-electron chi connectivity index (χ0n) is 17.4. The van der Waals surface area contributed by atoms with Gasteiger partial charge in [-0.3, -0.25) is 0 Å². The number of rotatable bonds is 4. The average molecular weight is 402 g/mol. The zero-order chi connectivity index (χ0) is 20.3. The first kappa shape index (κ1) is 18.8. The van der Waals surface area contributed by atoms with E-state index in [1.54, 1.807) is 6.33 Å². The number of piperazine rings is 1. The highest BCUT2D eigenvalue weighted by Gasteiger charge is 2.21. The average Bonchev–Trinajstić information content (AvgIpc) is 3.35. The Labute approximate surface area is 177 Å². The van der Waals surface area contributed by atoms with Crippen LogP contribution in [0.25, 0.3) is 11.3 Å². The van der Waals surface area contributed by atoms with Gasteiger partial charge in [-0.05, 0) is 37.5 Å². The summed E-state index contributed by atoms with van der Waals surface area (Å²) in [4.78, 5) is 16.0. The molecule has 0 spiro atoms. The fourth-order valence-electron chi connectivity index (χ4n) is 4.29. The summed E-state index contributed by atoms with van der Waals surface area (Å²) in [5, 5.41) is 9.00. The summed E-state index contributed by atoms with van der Waals surface area (Å²) < 4.78 is 0. The number of nitrogens with zero attached hydrogens (tertiary/aromatic N) is 7. The van der Waals surface area contributed by atoms with Gasteiger partial charge in [0.2, 0.25) is 0 Å². The number of aromatic nitrogens is 4. The maximum absolute atomic E-state index is 4.53. The molecule has 5 rings (SSSR count). The minimum absolute atomic E-state index is 0.904. The van der Waals surface area contributed by atoms with Gasteiger partial charge in [0.05, 0.1) is 5.69 Å². The van der Waals surface area contributed by atoms with Gasteiger partial charge in [0.15, 0.2) is 5.82 Å². The molecule has 2 aliphatic heterocycles. The summed E-state index contributed by atoms with van der Waals surface area (Å²) in [5.41, 5.74) is 3.27. The Morgan fingerprint density at radius 1 is 0.667 bits per heavy atom. The van der Waals surface area contributed by atoms with Gasteiger partial charge in [0.25, 0.3) is 0 Å². The van der Waals surface area contributed by atoms with Gasteiger partial charge < -0.3 is 14.7 Å². The van der Waals surface area contributed by atoms with E-state index >= 15 is 0 Å². The first-order chi connectivity index (χ1) is 14.8. The van der Waals surface area contributed by atoms with Crippen LogP contribution in [0.2, 0.25) is 0 Å². The third-order valence-corrected chi connectivity index (χ3v) is 6.07. The molecule has 0 bridgehead atoms. The summed E-state index contributed by atoms with van der Waals surface area (Å²) in [6, 6.07) is 14.6. The van der Waals surface area contributed by atoms with Crippen LogP contribution in [0.4, 0.5) is 17.5 Å². The second-order valence-electron chi connectivity index (χ2n) is 7.99. The van der Waals surface area contributed by atoms with Crippen LogP contribution >= 0.6 is 0 Å². The van der Waals surface area contributed by atoms with Crippen molar-refractivity contribution in [1.29, 1.82) is 0 Å². The maximum atomic E-state index is 4.53. The summed E-state index contributed by atoms with van der Waals surface area (Å²) in [6.07, 6.45) is 4.20. The minimum atomic E-state index is 0.904. The van der Waals surface area contributed by atoms with Crippen LogP contribution in [0.5, 0.6) is 0 Å². The molecule has 1 aromatic carbocycles. The molecule has 154 valence electrons. The Balaban J connectivity index is 1.24. The van der Waals surface area contributed by atoms with Gasteiger partial charge in [0.1, 0.15) is 18.0 Å². The molecule has 7 heteroatoms. The highest BCUT2D eigenvalue weighted by atomic mass is 15.3. The molecule has 0 amide bonds. The van der Waals surface area contributed by atoms with Crippen molar-refractivity contribution >= 4 is 17.5 Å². The van der Waals surface area contributed by atoms with Crippen molar-refractivity contribution in [2.24, 2.45) is 0 Å². The predicted octanol–water partition coefficient (Wildman–Crippen LogP) is 3.17. The van der Waals surface area contributed by atoms with Crippen LogP contribution in [0.3, 0.4) is 0 Å². The molecule has 0 saturated carbocycles. The van der Waals surface area contributed by atoms with E-state index < -0.39 is 0 Å². The lowest BCUT2D eigenvalue weighted by atomic mass is 10.1. The van der Waals surface area contributed by atoms with Crippen molar-refractivity contribution in [3.8, 4) is 11.3 Å². The van der Waals surface area contributed by atoms with Crippen LogP contribution < -0.4 is 14.7 Å². The molecule has 0 aliphatic carbocycles. The summed E-state index contributed by atoms with van der Waals surface area (Å²) in [6.45, 7) is 7.94. The Bertz CT molecular complexity index is 990. The molecule has 2 aromatic heterocycles. The van der Waals surface area contributed by atoms with Gasteiger partial charge in [-0.1, -0.05) is 24.3 Å². The molecule has 0 unspecified atom stereocenters. The van der Waals surface area contributed by atoms with Gasteiger partial charge in [0, 0.05) is 50.9 Å². The highest BCUT2D eigenvalue weighted by Crippen LogP contribution is 2.24. The number of benzene rings is 1. The fraction of sp³-hybridized carbons (Fsp3) is 0.391. The van der Waals surface area contributed by atoms with E-state index in [1.807, 2.05) is 12.1 Å². The molecular formula is C23H27N7. The molecule has 0 atom stereocenters. The second-order valence-corrected chi connectivity index (χ2v) is 7.99. The van der Waals surface area contributed by atoms with E-state index in [4.69, 9.17) is 0 Å². The van der Waals surface area contributed by atoms with Gasteiger partial charge in [-0.25, -0.2) is 9.97 Å². The van der Waals surface area contributed by atoms with Crippen molar-refractivity contribution in [1.82, 2.24) is 20.2 Å². The Kier molecular flexibility index (Phi) is 5.17. The number of aryl methyl sites for hydroxylation is 1. The van der Waals surface area contributed by atoms with Gasteiger partial charge >= 0.3 is 0 Å². The molecule has 3 aromatic rings. The van der Waals surface area contributed by atoms with E-state index in [9.17, 15) is 0 Å². The summed E-state index contributed by atoms with van der Waals surface area (Å²) in [7, 11) is 0. The predicted molar refractivity (Wildman–Crippen MR) is 120 cm³/mol. The van der Waals surface area contributed by atoms with Crippen LogP contribution in [-0.2, 0) is 0 Å². The number of anilines is 3. The molecule has 7 nitrogen and oxygen atoms in total. The van der Waals surface area contributed by atoms with Crippen molar-refractivity contribution in [2.75, 3.05) is 54.0 Å². The Morgan fingerprint density at radius 3 is 1.93 bits per heavy atom. The molecule has 2 aliphatic rings. The minimum Gasteiger partial charge on any atom is -0.356 e. The molecule has 4 heterocycles. The number of hydrogen-bond donors (Lipinski definition) is 0. The molecular weight excluding hydrogens is 374 g/mol. The van der Waals surface area contributed by atoms with Crippen molar-refractivity contribution in [3.63, 3.8) is 0 Å². The monoisotopic (exact) mass is 401 g/mol. The second kappa shape index (κ2) is 8.26. The van der Waals surface area contributed by atoms with E-state index in [1.165, 1.54) is 18.4 Å². The first-order valence-electron chi connectivity index (χ1n) is 10.7. The maximum Gasteiger partial charge on any atom is 0.151 e. The lowest BCUT2D eigenvalue weighted by Gasteiger charge is -2.36. The van der Waals surface area contributed by atoms with Crippen molar-refractivity contribution in [3.05, 3.63) is 54.4 Å². The third kappa shape index (κ3) is 3.79. The van der Waals surface area contributed by atoms with E-state index in [0.717, 1.165) is 68.0 Å². The standard InChI is InChI=1S/C23H27N7/c1-18-6-2-3-7-19(18)20-8-9-21(27-26-20)29-12-14-30(15-13-29)23-16-22(24-17-25-23)28-10-4-5-11-28/h2-3,6-9,16-17H,4-5,10-15H2,1H3. The zero-order valence-corrected chi connectivity index (χ0v) is 17.4. The summed E-state index contributed by atoms with van der Waals surface area (Å²) >= 11 is 0. The van der Waals surface area contributed by atoms with E-state index in [2.05, 4.69) is 72.1 Å². The molecule has 0 radical (unpaired) electrons. The van der Waals surface area contributed by atoms with Crippen LogP contribution in [0.1, 0.15) is 18.4 Å². The summed E-state index contributed by atoms with van der Waals surface area (Å²) in [5.74, 6) is 3.01. The highest BCUT2D eigenvalue weighted by molar-refractivity contribution is 5.63. The number of hydrogen-bond acceptors (Lipinski definition) is 7. The van der Waals surface area contributed by atoms with E-state index in [-0.39, 0.29) is 0 Å². The lowest BCUT2D eigenvalue weighted by Crippen LogP contribution is -2.47. The van der Waals surface area contributed by atoms with Crippen LogP contribution in [-0.4, -0.2) is 59.4 Å². The molecule has 2 saturated heterocycles. The largest absolute Gasteiger partial charge is 0.356 e. The molecule has 2 fully saturated rings. The third-order valence-electron chi connectivity index (χ3n) is 6.07. The smallest absolute Gasteiger partial charge is 0.151 e. The van der Waals surface area contributed by atoms with E-state index in [0.29, 0.717) is 0 Å². The lowest BCUT2D eigenvalue weighted by molar-refractivity contribution is 0.637. The topological polar surface area (TPSA) is 61.3 Å². The fourth-order valence-corrected chi connectivity index (χ4v) is 4.29. The molecule has 30 heavy (non-hydrogen) atoms. The van der Waals surface area contributed by atoms with Crippen LogP contribution in [0, 0.1) is 6.92 Å². The van der Waals surface area contributed by atoms with Crippen molar-refractivity contribution < 1.29 is 0 Å². The van der Waals surface area contributed by atoms with Crippen LogP contribution in [0.15, 0.2) is 48.8 Å². The Morgan fingerprint density at radius 2 is 1.30 bits per heavy atom. The normalized spacial score (nSPS) is 16.9. The van der Waals surface area contributed by atoms with Crippen molar-refractivity contribution in [2.45, 2.75) is 19.8 Å².